The zero-order valence-corrected chi connectivity index (χ0v) is 10.5. The first kappa shape index (κ1) is 12.4. The average Bonchev–Trinajstić information content (AvgIpc) is 3.07. The molecule has 0 bridgehead atoms. The Bertz CT molecular complexity index is 368. The molecule has 0 spiro atoms. The second-order valence-corrected chi connectivity index (χ2v) is 5.08. The van der Waals surface area contributed by atoms with Gasteiger partial charge < -0.3 is 15.6 Å². The molecule has 1 aromatic carbocycles. The Morgan fingerprint density at radius 3 is 2.35 bits per heavy atom. The number of aryl methyl sites for hydroxylation is 2. The highest BCUT2D eigenvalue weighted by molar-refractivity contribution is 5.33. The lowest BCUT2D eigenvalue weighted by atomic mass is 10.1. The number of hydrogen-bond donors (Lipinski definition) is 2. The van der Waals surface area contributed by atoms with Crippen LogP contribution in [0.25, 0.3) is 0 Å². The third-order valence-corrected chi connectivity index (χ3v) is 3.26. The van der Waals surface area contributed by atoms with Crippen molar-refractivity contribution >= 4 is 0 Å². The number of hydrogen-bond acceptors (Lipinski definition) is 3. The van der Waals surface area contributed by atoms with E-state index in [1.54, 1.807) is 0 Å². The maximum atomic E-state index is 9.37. The summed E-state index contributed by atoms with van der Waals surface area (Å²) in [5.74, 6) is 1.33. The van der Waals surface area contributed by atoms with Gasteiger partial charge in [0.05, 0.1) is 6.61 Å². The van der Waals surface area contributed by atoms with E-state index < -0.39 is 0 Å². The molecule has 94 valence electrons. The van der Waals surface area contributed by atoms with E-state index in [4.69, 9.17) is 10.5 Å². The van der Waals surface area contributed by atoms with Gasteiger partial charge in [0, 0.05) is 6.04 Å². The fraction of sp³-hybridized carbons (Fsp3) is 0.571. The number of aliphatic hydroxyl groups is 1. The van der Waals surface area contributed by atoms with E-state index in [1.165, 1.54) is 0 Å². The Hall–Kier alpha value is -1.06. The average molecular weight is 235 g/mol. The fourth-order valence-electron chi connectivity index (χ4n) is 2.20. The molecule has 0 radical (unpaired) electrons. The highest BCUT2D eigenvalue weighted by Crippen LogP contribution is 2.33. The molecule has 3 heteroatoms. The molecule has 2 rings (SSSR count). The van der Waals surface area contributed by atoms with Crippen LogP contribution in [0.5, 0.6) is 5.75 Å². The first-order valence-electron chi connectivity index (χ1n) is 6.21. The van der Waals surface area contributed by atoms with Crippen LogP contribution in [-0.2, 0) is 0 Å². The van der Waals surface area contributed by atoms with E-state index in [-0.39, 0.29) is 18.8 Å². The van der Waals surface area contributed by atoms with Crippen LogP contribution in [0.15, 0.2) is 18.2 Å². The number of ether oxygens (including phenoxy) is 1. The molecular formula is C14H21NO2. The number of rotatable bonds is 5. The summed E-state index contributed by atoms with van der Waals surface area (Å²) in [7, 11) is 0. The minimum absolute atomic E-state index is 0.0232. The first-order chi connectivity index (χ1) is 8.10. The van der Waals surface area contributed by atoms with Crippen LogP contribution in [0.1, 0.15) is 24.0 Å². The van der Waals surface area contributed by atoms with Gasteiger partial charge in [-0.05, 0) is 55.9 Å². The van der Waals surface area contributed by atoms with Gasteiger partial charge in [-0.2, -0.15) is 0 Å². The van der Waals surface area contributed by atoms with Gasteiger partial charge in [-0.15, -0.1) is 0 Å². The van der Waals surface area contributed by atoms with E-state index in [2.05, 4.69) is 6.07 Å². The molecule has 2 unspecified atom stereocenters. The third-order valence-electron chi connectivity index (χ3n) is 3.26. The Labute approximate surface area is 103 Å². The zero-order chi connectivity index (χ0) is 12.4. The summed E-state index contributed by atoms with van der Waals surface area (Å²) >= 11 is 0. The second-order valence-electron chi connectivity index (χ2n) is 5.08. The van der Waals surface area contributed by atoms with Crippen LogP contribution in [0, 0.1) is 19.8 Å². The van der Waals surface area contributed by atoms with E-state index >= 15 is 0 Å². The SMILES string of the molecule is Cc1cc(C)cc(OC(CO)C(N)C2CC2)c1. The molecule has 0 aliphatic heterocycles. The number of benzene rings is 1. The van der Waals surface area contributed by atoms with E-state index in [1.807, 2.05) is 26.0 Å². The van der Waals surface area contributed by atoms with E-state index in [0.29, 0.717) is 5.92 Å². The fourth-order valence-corrected chi connectivity index (χ4v) is 2.20. The van der Waals surface area contributed by atoms with Crippen LogP contribution < -0.4 is 10.5 Å². The van der Waals surface area contributed by atoms with Crippen molar-refractivity contribution in [2.24, 2.45) is 11.7 Å². The van der Waals surface area contributed by atoms with Crippen molar-refractivity contribution in [2.45, 2.75) is 38.8 Å². The van der Waals surface area contributed by atoms with Gasteiger partial charge in [-0.3, -0.25) is 0 Å². The third kappa shape index (κ3) is 3.20. The lowest BCUT2D eigenvalue weighted by molar-refractivity contribution is 0.0881. The van der Waals surface area contributed by atoms with E-state index in [9.17, 15) is 5.11 Å². The van der Waals surface area contributed by atoms with Crippen LogP contribution in [0.4, 0.5) is 0 Å². The molecule has 3 N–H and O–H groups in total. The molecule has 17 heavy (non-hydrogen) atoms. The Morgan fingerprint density at radius 2 is 1.88 bits per heavy atom. The summed E-state index contributed by atoms with van der Waals surface area (Å²) in [6.07, 6.45) is 2.03. The minimum atomic E-state index is -0.288. The standard InChI is InChI=1S/C14H21NO2/c1-9-5-10(2)7-12(6-9)17-13(8-16)14(15)11-3-4-11/h5-7,11,13-14,16H,3-4,8,15H2,1-2H3. The predicted molar refractivity (Wildman–Crippen MR) is 68.1 cm³/mol. The summed E-state index contributed by atoms with van der Waals surface area (Å²) in [5, 5.41) is 9.37. The highest BCUT2D eigenvalue weighted by atomic mass is 16.5. The predicted octanol–water partition coefficient (Wildman–Crippen LogP) is 1.78. The van der Waals surface area contributed by atoms with Gasteiger partial charge in [0.1, 0.15) is 11.9 Å². The largest absolute Gasteiger partial charge is 0.486 e. The molecule has 3 nitrogen and oxygen atoms in total. The van der Waals surface area contributed by atoms with Gasteiger partial charge in [-0.1, -0.05) is 6.07 Å². The molecule has 0 heterocycles. The molecule has 1 saturated carbocycles. The Morgan fingerprint density at radius 1 is 1.29 bits per heavy atom. The van der Waals surface area contributed by atoms with Crippen molar-refractivity contribution in [2.75, 3.05) is 6.61 Å². The molecule has 1 aliphatic carbocycles. The number of nitrogens with two attached hydrogens (primary N) is 1. The van der Waals surface area contributed by atoms with Crippen LogP contribution in [0.2, 0.25) is 0 Å². The summed E-state index contributed by atoms with van der Waals surface area (Å²) in [4.78, 5) is 0. The molecule has 1 fully saturated rings. The van der Waals surface area contributed by atoms with Gasteiger partial charge in [0.2, 0.25) is 0 Å². The molecular weight excluding hydrogens is 214 g/mol. The van der Waals surface area contributed by atoms with Gasteiger partial charge in [0.25, 0.3) is 0 Å². The van der Waals surface area contributed by atoms with Crippen LogP contribution in [-0.4, -0.2) is 23.9 Å². The molecule has 2 atom stereocenters. The van der Waals surface area contributed by atoms with Crippen molar-refractivity contribution in [1.82, 2.24) is 0 Å². The quantitative estimate of drug-likeness (QED) is 0.818. The lowest BCUT2D eigenvalue weighted by Gasteiger charge is -2.23. The maximum Gasteiger partial charge on any atom is 0.137 e. The van der Waals surface area contributed by atoms with Crippen molar-refractivity contribution in [1.29, 1.82) is 0 Å². The van der Waals surface area contributed by atoms with Gasteiger partial charge in [0.15, 0.2) is 0 Å². The summed E-state index contributed by atoms with van der Waals surface area (Å²) in [6, 6.07) is 6.01. The topological polar surface area (TPSA) is 55.5 Å². The van der Waals surface area contributed by atoms with Crippen molar-refractivity contribution in [3.8, 4) is 5.75 Å². The van der Waals surface area contributed by atoms with Crippen LogP contribution >= 0.6 is 0 Å². The molecule has 1 aliphatic rings. The Kier molecular flexibility index (Phi) is 3.69. The summed E-state index contributed by atoms with van der Waals surface area (Å²) in [5.41, 5.74) is 8.40. The maximum absolute atomic E-state index is 9.37. The van der Waals surface area contributed by atoms with E-state index in [0.717, 1.165) is 29.7 Å². The minimum Gasteiger partial charge on any atom is -0.486 e. The highest BCUT2D eigenvalue weighted by Gasteiger charge is 2.34. The summed E-state index contributed by atoms with van der Waals surface area (Å²) < 4.78 is 5.81. The molecule has 0 saturated heterocycles. The van der Waals surface area contributed by atoms with Gasteiger partial charge in [-0.25, -0.2) is 0 Å². The Balaban J connectivity index is 2.06. The second kappa shape index (κ2) is 5.07. The summed E-state index contributed by atoms with van der Waals surface area (Å²) in [6.45, 7) is 4.05. The monoisotopic (exact) mass is 235 g/mol. The zero-order valence-electron chi connectivity index (χ0n) is 10.5. The molecule has 0 aromatic heterocycles. The first-order valence-corrected chi connectivity index (χ1v) is 6.21. The van der Waals surface area contributed by atoms with Crippen molar-refractivity contribution < 1.29 is 9.84 Å². The molecule has 1 aromatic rings. The normalized spacial score (nSPS) is 18.8. The molecule has 0 amide bonds. The number of aliphatic hydroxyl groups excluding tert-OH is 1. The van der Waals surface area contributed by atoms with Crippen LogP contribution in [0.3, 0.4) is 0 Å². The van der Waals surface area contributed by atoms with Crippen molar-refractivity contribution in [3.63, 3.8) is 0 Å². The lowest BCUT2D eigenvalue weighted by Crippen LogP contribution is -2.43. The smallest absolute Gasteiger partial charge is 0.137 e. The van der Waals surface area contributed by atoms with Crippen molar-refractivity contribution in [3.05, 3.63) is 29.3 Å². The van der Waals surface area contributed by atoms with Gasteiger partial charge >= 0.3 is 0 Å².